The van der Waals surface area contributed by atoms with Gasteiger partial charge in [0.15, 0.2) is 11.4 Å². The molecule has 0 aromatic carbocycles. The molecule has 0 amide bonds. The minimum absolute atomic E-state index is 0.00576. The molecule has 0 saturated carbocycles. The van der Waals surface area contributed by atoms with E-state index in [0.29, 0.717) is 11.5 Å². The van der Waals surface area contributed by atoms with Gasteiger partial charge >= 0.3 is 6.18 Å². The van der Waals surface area contributed by atoms with Crippen LogP contribution in [0.25, 0.3) is 17.1 Å². The molecular formula is C11H5ClF3N3O. The standard InChI is InChI=1S/C11H5ClF3N3O/c12-9-5-8(11(13,14)15)16-10-4-6(17-18(9)10)7-2-1-3-19-7/h1-5H. The highest BCUT2D eigenvalue weighted by Crippen LogP contribution is 2.30. The summed E-state index contributed by atoms with van der Waals surface area (Å²) in [5.74, 6) is 0.426. The Bertz CT molecular complexity index is 734. The summed E-state index contributed by atoms with van der Waals surface area (Å²) in [4.78, 5) is 3.49. The molecule has 3 heterocycles. The van der Waals surface area contributed by atoms with E-state index in [1.165, 1.54) is 12.3 Å². The summed E-state index contributed by atoms with van der Waals surface area (Å²) >= 11 is 5.77. The van der Waals surface area contributed by atoms with Crippen molar-refractivity contribution < 1.29 is 17.6 Å². The third-order valence-corrected chi connectivity index (χ3v) is 2.72. The van der Waals surface area contributed by atoms with Crippen molar-refractivity contribution in [2.75, 3.05) is 0 Å². The summed E-state index contributed by atoms with van der Waals surface area (Å²) < 4.78 is 44.1. The maximum atomic E-state index is 12.6. The van der Waals surface area contributed by atoms with E-state index in [-0.39, 0.29) is 10.8 Å². The van der Waals surface area contributed by atoms with Gasteiger partial charge in [-0.1, -0.05) is 11.6 Å². The first-order valence-corrected chi connectivity index (χ1v) is 5.50. The first kappa shape index (κ1) is 12.0. The van der Waals surface area contributed by atoms with Gasteiger partial charge in [0.25, 0.3) is 0 Å². The fraction of sp³-hybridized carbons (Fsp3) is 0.0909. The van der Waals surface area contributed by atoms with E-state index in [0.717, 1.165) is 10.6 Å². The lowest BCUT2D eigenvalue weighted by atomic mass is 10.3. The average Bonchev–Trinajstić information content (AvgIpc) is 2.95. The number of fused-ring (bicyclic) bond motifs is 1. The van der Waals surface area contributed by atoms with Gasteiger partial charge in [0.2, 0.25) is 0 Å². The molecule has 0 aliphatic heterocycles. The highest BCUT2D eigenvalue weighted by atomic mass is 35.5. The minimum Gasteiger partial charge on any atom is -0.463 e. The molecule has 0 aliphatic rings. The Morgan fingerprint density at radius 3 is 2.68 bits per heavy atom. The van der Waals surface area contributed by atoms with E-state index in [2.05, 4.69) is 10.1 Å². The zero-order valence-electron chi connectivity index (χ0n) is 9.15. The molecule has 0 bridgehead atoms. The van der Waals surface area contributed by atoms with Crippen molar-refractivity contribution in [3.05, 3.63) is 41.4 Å². The molecule has 0 spiro atoms. The van der Waals surface area contributed by atoms with Crippen LogP contribution in [0.5, 0.6) is 0 Å². The lowest BCUT2D eigenvalue weighted by Gasteiger charge is -2.06. The quantitative estimate of drug-likeness (QED) is 0.642. The molecule has 19 heavy (non-hydrogen) atoms. The predicted molar refractivity (Wildman–Crippen MR) is 60.7 cm³/mol. The molecule has 0 aliphatic carbocycles. The monoisotopic (exact) mass is 287 g/mol. The van der Waals surface area contributed by atoms with E-state index in [1.54, 1.807) is 12.1 Å². The Balaban J connectivity index is 2.21. The van der Waals surface area contributed by atoms with Crippen LogP contribution in [0.15, 0.2) is 34.9 Å². The number of hydrogen-bond donors (Lipinski definition) is 0. The van der Waals surface area contributed by atoms with Gasteiger partial charge < -0.3 is 4.42 Å². The molecular weight excluding hydrogens is 283 g/mol. The van der Waals surface area contributed by atoms with E-state index >= 15 is 0 Å². The van der Waals surface area contributed by atoms with E-state index in [9.17, 15) is 13.2 Å². The summed E-state index contributed by atoms with van der Waals surface area (Å²) in [6.45, 7) is 0. The highest BCUT2D eigenvalue weighted by molar-refractivity contribution is 6.29. The van der Waals surface area contributed by atoms with Crippen molar-refractivity contribution in [2.45, 2.75) is 6.18 Å². The summed E-state index contributed by atoms with van der Waals surface area (Å²) in [6.07, 6.45) is -3.12. The zero-order chi connectivity index (χ0) is 13.6. The van der Waals surface area contributed by atoms with Crippen LogP contribution in [0, 0.1) is 0 Å². The second-order valence-electron chi connectivity index (χ2n) is 3.74. The lowest BCUT2D eigenvalue weighted by molar-refractivity contribution is -0.141. The first-order valence-electron chi connectivity index (χ1n) is 5.12. The SMILES string of the molecule is FC(F)(F)c1cc(Cl)n2nc(-c3ccco3)cc2n1. The van der Waals surface area contributed by atoms with Gasteiger partial charge in [-0.25, -0.2) is 9.50 Å². The molecule has 98 valence electrons. The van der Waals surface area contributed by atoms with E-state index in [1.807, 2.05) is 0 Å². The van der Waals surface area contributed by atoms with Crippen LogP contribution < -0.4 is 0 Å². The van der Waals surface area contributed by atoms with Gasteiger partial charge in [0, 0.05) is 12.1 Å². The van der Waals surface area contributed by atoms with Gasteiger partial charge in [-0.2, -0.15) is 18.3 Å². The van der Waals surface area contributed by atoms with Crippen molar-refractivity contribution in [1.29, 1.82) is 0 Å². The largest absolute Gasteiger partial charge is 0.463 e. The van der Waals surface area contributed by atoms with Crippen molar-refractivity contribution >= 4 is 17.2 Å². The molecule has 0 radical (unpaired) electrons. The van der Waals surface area contributed by atoms with Crippen LogP contribution >= 0.6 is 11.6 Å². The van der Waals surface area contributed by atoms with Crippen LogP contribution in [0.1, 0.15) is 5.69 Å². The van der Waals surface area contributed by atoms with Crippen LogP contribution in [0.4, 0.5) is 13.2 Å². The van der Waals surface area contributed by atoms with Crippen molar-refractivity contribution in [3.8, 4) is 11.5 Å². The lowest BCUT2D eigenvalue weighted by Crippen LogP contribution is -2.09. The summed E-state index contributed by atoms with van der Waals surface area (Å²) in [5, 5.41) is 3.87. The number of furan rings is 1. The molecule has 0 unspecified atom stereocenters. The molecule has 4 nitrogen and oxygen atoms in total. The summed E-state index contributed by atoms with van der Waals surface area (Å²) in [5.41, 5.74) is -0.694. The van der Waals surface area contributed by atoms with Crippen LogP contribution in [0.2, 0.25) is 5.15 Å². The normalized spacial score (nSPS) is 12.2. The smallest absolute Gasteiger partial charge is 0.433 e. The van der Waals surface area contributed by atoms with E-state index < -0.39 is 11.9 Å². The molecule has 3 aromatic rings. The number of aromatic nitrogens is 3. The maximum absolute atomic E-state index is 12.6. The zero-order valence-corrected chi connectivity index (χ0v) is 9.90. The number of halogens is 4. The molecule has 0 saturated heterocycles. The number of alkyl halides is 3. The molecule has 8 heteroatoms. The summed E-state index contributed by atoms with van der Waals surface area (Å²) in [6, 6.07) is 5.39. The predicted octanol–water partition coefficient (Wildman–Crippen LogP) is 3.66. The van der Waals surface area contributed by atoms with Gasteiger partial charge in [-0.05, 0) is 12.1 Å². The topological polar surface area (TPSA) is 43.3 Å². The van der Waals surface area contributed by atoms with Crippen LogP contribution in [-0.4, -0.2) is 14.6 Å². The molecule has 3 rings (SSSR count). The third-order valence-electron chi connectivity index (χ3n) is 2.45. The second-order valence-corrected chi connectivity index (χ2v) is 4.13. The Labute approximate surface area is 109 Å². The molecule has 0 N–H and O–H groups in total. The number of hydrogen-bond acceptors (Lipinski definition) is 3. The molecule has 3 aromatic heterocycles. The van der Waals surface area contributed by atoms with Gasteiger partial charge in [0.1, 0.15) is 16.5 Å². The van der Waals surface area contributed by atoms with Crippen molar-refractivity contribution in [3.63, 3.8) is 0 Å². The Morgan fingerprint density at radius 1 is 1.26 bits per heavy atom. The first-order chi connectivity index (χ1) is 8.95. The minimum atomic E-state index is -4.56. The van der Waals surface area contributed by atoms with Crippen LogP contribution in [-0.2, 0) is 6.18 Å². The Hall–Kier alpha value is -2.02. The van der Waals surface area contributed by atoms with Gasteiger partial charge in [-0.15, -0.1) is 0 Å². The van der Waals surface area contributed by atoms with Gasteiger partial charge in [-0.3, -0.25) is 0 Å². The third kappa shape index (κ3) is 2.06. The Morgan fingerprint density at radius 2 is 2.05 bits per heavy atom. The Kier molecular flexibility index (Phi) is 2.53. The highest BCUT2D eigenvalue weighted by Gasteiger charge is 2.33. The van der Waals surface area contributed by atoms with E-state index in [4.69, 9.17) is 16.0 Å². The number of rotatable bonds is 1. The van der Waals surface area contributed by atoms with Crippen molar-refractivity contribution in [1.82, 2.24) is 14.6 Å². The fourth-order valence-corrected chi connectivity index (χ4v) is 1.86. The molecule has 0 atom stereocenters. The second kappa shape index (κ2) is 3.99. The van der Waals surface area contributed by atoms with Crippen LogP contribution in [0.3, 0.4) is 0 Å². The van der Waals surface area contributed by atoms with Crippen molar-refractivity contribution in [2.24, 2.45) is 0 Å². The average molecular weight is 288 g/mol. The summed E-state index contributed by atoms with van der Waals surface area (Å²) in [7, 11) is 0. The fourth-order valence-electron chi connectivity index (χ4n) is 1.63. The number of nitrogens with zero attached hydrogens (tertiary/aromatic N) is 3. The van der Waals surface area contributed by atoms with Gasteiger partial charge in [0.05, 0.1) is 6.26 Å². The maximum Gasteiger partial charge on any atom is 0.433 e. The molecule has 0 fully saturated rings.